The van der Waals surface area contributed by atoms with Crippen LogP contribution in [0.1, 0.15) is 43.9 Å². The number of hydrogen-bond acceptors (Lipinski definition) is 4. The van der Waals surface area contributed by atoms with Crippen molar-refractivity contribution in [1.82, 2.24) is 4.90 Å². The number of hydrogen-bond donors (Lipinski definition) is 1. The fourth-order valence-corrected chi connectivity index (χ4v) is 3.84. The van der Waals surface area contributed by atoms with E-state index in [1.807, 2.05) is 18.3 Å². The lowest BCUT2D eigenvalue weighted by molar-refractivity contribution is 0.252. The molecule has 0 spiro atoms. The van der Waals surface area contributed by atoms with Gasteiger partial charge >= 0.3 is 0 Å². The highest BCUT2D eigenvalue weighted by molar-refractivity contribution is 5.84. The number of phenols is 1. The molecule has 1 atom stereocenters. The third kappa shape index (κ3) is 4.89. The van der Waals surface area contributed by atoms with E-state index in [-0.39, 0.29) is 0 Å². The first-order valence-electron chi connectivity index (χ1n) is 10.1. The quantitative estimate of drug-likeness (QED) is 0.700. The van der Waals surface area contributed by atoms with Crippen LogP contribution in [0.3, 0.4) is 0 Å². The third-order valence-electron chi connectivity index (χ3n) is 5.42. The lowest BCUT2D eigenvalue weighted by Crippen LogP contribution is -2.27. The first kappa shape index (κ1) is 19.4. The van der Waals surface area contributed by atoms with E-state index in [1.54, 1.807) is 0 Å². The highest BCUT2D eigenvalue weighted by Gasteiger charge is 2.22. The van der Waals surface area contributed by atoms with E-state index in [4.69, 9.17) is 4.99 Å². The van der Waals surface area contributed by atoms with Crippen molar-refractivity contribution in [3.8, 4) is 5.75 Å². The molecule has 2 aromatic carbocycles. The summed E-state index contributed by atoms with van der Waals surface area (Å²) in [4.78, 5) is 9.44. The van der Waals surface area contributed by atoms with Gasteiger partial charge in [-0.25, -0.2) is 0 Å². The molecule has 4 nitrogen and oxygen atoms in total. The van der Waals surface area contributed by atoms with Crippen LogP contribution in [0.4, 0.5) is 5.69 Å². The van der Waals surface area contributed by atoms with Crippen molar-refractivity contribution in [2.45, 2.75) is 32.7 Å². The second kappa shape index (κ2) is 9.56. The van der Waals surface area contributed by atoms with Crippen LogP contribution < -0.4 is 4.90 Å². The number of anilines is 1. The second-order valence-electron chi connectivity index (χ2n) is 7.08. The van der Waals surface area contributed by atoms with Crippen molar-refractivity contribution in [2.75, 3.05) is 37.6 Å². The normalized spacial score (nSPS) is 16.1. The fraction of sp³-hybridized carbons (Fsp3) is 0.435. The van der Waals surface area contributed by atoms with Crippen LogP contribution in [0, 0.1) is 0 Å². The van der Waals surface area contributed by atoms with Crippen LogP contribution in [0.25, 0.3) is 0 Å². The first-order chi connectivity index (χ1) is 13.2. The SMILES string of the molecule is CCN(CC)c1ccc(C=NC[C@H](c2ccccc2)N2CCCC2)c(O)c1. The van der Waals surface area contributed by atoms with Crippen LogP contribution >= 0.6 is 0 Å². The van der Waals surface area contributed by atoms with Gasteiger partial charge in [0, 0.05) is 36.6 Å². The number of rotatable bonds is 8. The number of aliphatic imine (C=N–C) groups is 1. The standard InChI is InChI=1S/C23H31N3O/c1-3-25(4-2)21-13-12-20(23(27)16-21)17-24-18-22(26-14-8-9-15-26)19-10-6-5-7-11-19/h5-7,10-13,16-17,22,27H,3-4,8-9,14-15,18H2,1-2H3/t22-/m1/s1. The molecule has 3 rings (SSSR count). The molecule has 27 heavy (non-hydrogen) atoms. The van der Waals surface area contributed by atoms with Crippen LogP contribution in [0.5, 0.6) is 5.75 Å². The number of phenolic OH excluding ortho intramolecular Hbond substituents is 1. The van der Waals surface area contributed by atoms with Gasteiger partial charge in [-0.15, -0.1) is 0 Å². The predicted octanol–water partition coefficient (Wildman–Crippen LogP) is 4.49. The minimum absolute atomic E-state index is 0.292. The second-order valence-corrected chi connectivity index (χ2v) is 7.08. The van der Waals surface area contributed by atoms with Gasteiger partial charge in [-0.05, 0) is 57.5 Å². The Hall–Kier alpha value is -2.33. The predicted molar refractivity (Wildman–Crippen MR) is 114 cm³/mol. The summed E-state index contributed by atoms with van der Waals surface area (Å²) in [5.41, 5.74) is 3.14. The maximum absolute atomic E-state index is 10.4. The Kier molecular flexibility index (Phi) is 6.88. The van der Waals surface area contributed by atoms with Gasteiger partial charge in [-0.1, -0.05) is 30.3 Å². The molecule has 144 valence electrons. The monoisotopic (exact) mass is 365 g/mol. The molecule has 1 heterocycles. The number of likely N-dealkylation sites (tertiary alicyclic amines) is 1. The molecule has 1 aliphatic rings. The number of aromatic hydroxyl groups is 1. The topological polar surface area (TPSA) is 39.1 Å². The Balaban J connectivity index is 1.72. The summed E-state index contributed by atoms with van der Waals surface area (Å²) < 4.78 is 0. The average Bonchev–Trinajstić information content (AvgIpc) is 3.23. The lowest BCUT2D eigenvalue weighted by Gasteiger charge is -2.26. The molecule has 2 aromatic rings. The number of benzene rings is 2. The smallest absolute Gasteiger partial charge is 0.126 e. The van der Waals surface area contributed by atoms with E-state index in [1.165, 1.54) is 18.4 Å². The summed E-state index contributed by atoms with van der Waals surface area (Å²) in [5, 5.41) is 10.4. The molecule has 0 saturated carbocycles. The molecule has 1 saturated heterocycles. The summed E-state index contributed by atoms with van der Waals surface area (Å²) in [5.74, 6) is 0.292. The van der Waals surface area contributed by atoms with E-state index >= 15 is 0 Å². The Morgan fingerprint density at radius 3 is 2.41 bits per heavy atom. The highest BCUT2D eigenvalue weighted by Crippen LogP contribution is 2.26. The summed E-state index contributed by atoms with van der Waals surface area (Å²) in [7, 11) is 0. The van der Waals surface area contributed by atoms with E-state index in [0.29, 0.717) is 18.3 Å². The molecular weight excluding hydrogens is 334 g/mol. The summed E-state index contributed by atoms with van der Waals surface area (Å²) in [6.07, 6.45) is 4.34. The van der Waals surface area contributed by atoms with E-state index < -0.39 is 0 Å². The van der Waals surface area contributed by atoms with Crippen molar-refractivity contribution in [3.05, 3.63) is 59.7 Å². The van der Waals surface area contributed by atoms with E-state index in [9.17, 15) is 5.11 Å². The molecule has 0 unspecified atom stereocenters. The van der Waals surface area contributed by atoms with Crippen LogP contribution in [0.2, 0.25) is 0 Å². The minimum Gasteiger partial charge on any atom is -0.507 e. The average molecular weight is 366 g/mol. The van der Waals surface area contributed by atoms with Crippen LogP contribution in [-0.4, -0.2) is 48.9 Å². The molecule has 0 aromatic heterocycles. The zero-order chi connectivity index (χ0) is 19.1. The summed E-state index contributed by atoms with van der Waals surface area (Å²) in [6.45, 7) is 9.09. The van der Waals surface area contributed by atoms with Crippen molar-refractivity contribution >= 4 is 11.9 Å². The van der Waals surface area contributed by atoms with Gasteiger partial charge in [-0.3, -0.25) is 9.89 Å². The molecule has 0 bridgehead atoms. The van der Waals surface area contributed by atoms with Gasteiger partial charge in [0.2, 0.25) is 0 Å². The van der Waals surface area contributed by atoms with Gasteiger partial charge in [0.1, 0.15) is 5.75 Å². The lowest BCUT2D eigenvalue weighted by atomic mass is 10.1. The van der Waals surface area contributed by atoms with E-state index in [2.05, 4.69) is 60.0 Å². The summed E-state index contributed by atoms with van der Waals surface area (Å²) in [6, 6.07) is 16.8. The molecule has 0 radical (unpaired) electrons. The molecule has 0 amide bonds. The highest BCUT2D eigenvalue weighted by atomic mass is 16.3. The minimum atomic E-state index is 0.292. The van der Waals surface area contributed by atoms with Crippen molar-refractivity contribution < 1.29 is 5.11 Å². The Bertz CT molecular complexity index is 735. The zero-order valence-corrected chi connectivity index (χ0v) is 16.5. The van der Waals surface area contributed by atoms with Gasteiger partial charge in [0.15, 0.2) is 0 Å². The third-order valence-corrected chi connectivity index (χ3v) is 5.42. The molecule has 4 heteroatoms. The maximum atomic E-state index is 10.4. The Morgan fingerprint density at radius 2 is 1.78 bits per heavy atom. The fourth-order valence-electron chi connectivity index (χ4n) is 3.84. The van der Waals surface area contributed by atoms with Gasteiger partial charge in [0.05, 0.1) is 12.6 Å². The Labute approximate surface area is 163 Å². The Morgan fingerprint density at radius 1 is 1.07 bits per heavy atom. The van der Waals surface area contributed by atoms with Crippen molar-refractivity contribution in [1.29, 1.82) is 0 Å². The van der Waals surface area contributed by atoms with Crippen molar-refractivity contribution in [2.24, 2.45) is 4.99 Å². The largest absolute Gasteiger partial charge is 0.507 e. The summed E-state index contributed by atoms with van der Waals surface area (Å²) >= 11 is 0. The van der Waals surface area contributed by atoms with Crippen molar-refractivity contribution in [3.63, 3.8) is 0 Å². The molecule has 1 N–H and O–H groups in total. The first-order valence-corrected chi connectivity index (χ1v) is 10.1. The van der Waals surface area contributed by atoms with Gasteiger partial charge in [-0.2, -0.15) is 0 Å². The zero-order valence-electron chi connectivity index (χ0n) is 16.5. The maximum Gasteiger partial charge on any atom is 0.126 e. The van der Waals surface area contributed by atoms with Gasteiger partial charge < -0.3 is 10.0 Å². The van der Waals surface area contributed by atoms with E-state index in [0.717, 1.165) is 37.4 Å². The molecular formula is C23H31N3O. The van der Waals surface area contributed by atoms with Crippen LogP contribution in [0.15, 0.2) is 53.5 Å². The van der Waals surface area contributed by atoms with Gasteiger partial charge in [0.25, 0.3) is 0 Å². The number of nitrogens with zero attached hydrogens (tertiary/aromatic N) is 3. The molecule has 0 aliphatic carbocycles. The molecule has 1 fully saturated rings. The van der Waals surface area contributed by atoms with Crippen LogP contribution in [-0.2, 0) is 0 Å². The molecule has 1 aliphatic heterocycles.